The number of aliphatic hydroxyl groups is 1. The van der Waals surface area contributed by atoms with E-state index in [2.05, 4.69) is 22.6 Å². The number of halogens is 3. The molecule has 1 rings (SSSR count). The van der Waals surface area contributed by atoms with Crippen molar-refractivity contribution in [2.24, 2.45) is 0 Å². The Balaban J connectivity index is 2.59. The average Bonchev–Trinajstić information content (AvgIpc) is 2.16. The summed E-state index contributed by atoms with van der Waals surface area (Å²) < 4.78 is 5.93. The minimum atomic E-state index is -0.470. The van der Waals surface area contributed by atoms with Gasteiger partial charge >= 0.3 is 0 Å². The van der Waals surface area contributed by atoms with Crippen molar-refractivity contribution in [1.29, 1.82) is 0 Å². The Labute approximate surface area is 106 Å². The van der Waals surface area contributed by atoms with E-state index < -0.39 is 6.10 Å². The smallest absolute Gasteiger partial charge is 0.138 e. The molecule has 1 atom stereocenters. The minimum absolute atomic E-state index is 0.240. The monoisotopic (exact) mass is 346 g/mol. The molecule has 1 aromatic rings. The fourth-order valence-corrected chi connectivity index (χ4v) is 1.54. The van der Waals surface area contributed by atoms with Gasteiger partial charge in [-0.15, -0.1) is 0 Å². The van der Waals surface area contributed by atoms with E-state index in [-0.39, 0.29) is 6.61 Å². The third-order valence-electron chi connectivity index (χ3n) is 1.50. The van der Waals surface area contributed by atoms with Crippen LogP contribution in [0, 0.1) is 0 Å². The molecule has 1 unspecified atom stereocenters. The summed E-state index contributed by atoms with van der Waals surface area (Å²) in [6, 6.07) is 4.98. The fourth-order valence-electron chi connectivity index (χ4n) is 0.823. The van der Waals surface area contributed by atoms with Crippen LogP contribution in [0.5, 0.6) is 5.75 Å². The van der Waals surface area contributed by atoms with Gasteiger partial charge in [-0.25, -0.2) is 0 Å². The van der Waals surface area contributed by atoms with Crippen molar-refractivity contribution in [2.45, 2.75) is 6.10 Å². The van der Waals surface area contributed by atoms with Gasteiger partial charge in [-0.3, -0.25) is 0 Å². The van der Waals surface area contributed by atoms with Crippen molar-refractivity contribution in [3.8, 4) is 5.75 Å². The zero-order valence-corrected chi connectivity index (χ0v) is 10.9. The van der Waals surface area contributed by atoms with Crippen LogP contribution >= 0.6 is 45.8 Å². The normalized spacial score (nSPS) is 12.6. The predicted octanol–water partition coefficient (Wildman–Crippen LogP) is 3.17. The third kappa shape index (κ3) is 3.81. The molecular weight excluding hydrogens is 338 g/mol. The molecule has 14 heavy (non-hydrogen) atoms. The van der Waals surface area contributed by atoms with Crippen LogP contribution < -0.4 is 4.74 Å². The molecule has 0 aliphatic carbocycles. The Morgan fingerprint density at radius 3 is 2.71 bits per heavy atom. The summed E-state index contributed by atoms with van der Waals surface area (Å²) >= 11 is 13.7. The lowest BCUT2D eigenvalue weighted by atomic mass is 10.3. The second kappa shape index (κ2) is 6.00. The van der Waals surface area contributed by atoms with Gasteiger partial charge in [0.1, 0.15) is 12.4 Å². The lowest BCUT2D eigenvalue weighted by Gasteiger charge is -2.10. The number of ether oxygens (including phenoxy) is 1. The van der Waals surface area contributed by atoms with E-state index >= 15 is 0 Å². The maximum absolute atomic E-state index is 9.26. The number of hydrogen-bond donors (Lipinski definition) is 1. The highest BCUT2D eigenvalue weighted by Crippen LogP contribution is 2.27. The Kier molecular flexibility index (Phi) is 5.30. The molecule has 2 nitrogen and oxygen atoms in total. The van der Waals surface area contributed by atoms with Crippen LogP contribution in [0.25, 0.3) is 0 Å². The maximum Gasteiger partial charge on any atom is 0.138 e. The molecule has 0 aromatic heterocycles. The first-order chi connectivity index (χ1) is 6.63. The van der Waals surface area contributed by atoms with Crippen molar-refractivity contribution in [3.63, 3.8) is 0 Å². The second-order valence-electron chi connectivity index (χ2n) is 2.69. The van der Waals surface area contributed by atoms with Gasteiger partial charge in [-0.1, -0.05) is 45.8 Å². The predicted molar refractivity (Wildman–Crippen MR) is 66.9 cm³/mol. The van der Waals surface area contributed by atoms with Gasteiger partial charge in [0, 0.05) is 9.45 Å². The molecule has 0 spiro atoms. The molecule has 0 aliphatic heterocycles. The Morgan fingerprint density at radius 1 is 1.43 bits per heavy atom. The van der Waals surface area contributed by atoms with Crippen molar-refractivity contribution in [2.75, 3.05) is 11.0 Å². The molecule has 1 aromatic carbocycles. The van der Waals surface area contributed by atoms with E-state index in [1.54, 1.807) is 18.2 Å². The highest BCUT2D eigenvalue weighted by molar-refractivity contribution is 14.1. The first kappa shape index (κ1) is 12.4. The van der Waals surface area contributed by atoms with E-state index in [0.29, 0.717) is 20.2 Å². The summed E-state index contributed by atoms with van der Waals surface area (Å²) in [7, 11) is 0. The fraction of sp³-hybridized carbons (Fsp3) is 0.333. The van der Waals surface area contributed by atoms with E-state index in [0.717, 1.165) is 0 Å². The van der Waals surface area contributed by atoms with Gasteiger partial charge in [0.2, 0.25) is 0 Å². The van der Waals surface area contributed by atoms with E-state index in [1.807, 2.05) is 0 Å². The molecule has 0 amide bonds. The standard InChI is InChI=1S/C9H9Cl2IO2/c10-6-1-2-9(8(11)3-6)14-5-7(13)4-12/h1-3,7,13H,4-5H2. The summed E-state index contributed by atoms with van der Waals surface area (Å²) in [5.74, 6) is 0.542. The highest BCUT2D eigenvalue weighted by atomic mass is 127. The molecule has 0 aliphatic rings. The molecule has 5 heteroatoms. The lowest BCUT2D eigenvalue weighted by Crippen LogP contribution is -2.18. The maximum atomic E-state index is 9.26. The first-order valence-corrected chi connectivity index (χ1v) is 6.23. The summed E-state index contributed by atoms with van der Waals surface area (Å²) in [5.41, 5.74) is 0. The molecule has 78 valence electrons. The van der Waals surface area contributed by atoms with Crippen LogP contribution in [0.15, 0.2) is 18.2 Å². The molecule has 0 heterocycles. The Bertz CT molecular complexity index is 307. The molecule has 1 N–H and O–H groups in total. The SMILES string of the molecule is OC(CI)COc1ccc(Cl)cc1Cl. The molecule has 0 radical (unpaired) electrons. The topological polar surface area (TPSA) is 29.5 Å². The van der Waals surface area contributed by atoms with Gasteiger partial charge in [-0.2, -0.15) is 0 Å². The van der Waals surface area contributed by atoms with Crippen LogP contribution in [-0.4, -0.2) is 22.2 Å². The molecule has 0 saturated heterocycles. The van der Waals surface area contributed by atoms with Gasteiger partial charge in [0.05, 0.1) is 11.1 Å². The number of aliphatic hydroxyl groups excluding tert-OH is 1. The second-order valence-corrected chi connectivity index (χ2v) is 4.42. The highest BCUT2D eigenvalue weighted by Gasteiger charge is 2.06. The van der Waals surface area contributed by atoms with Crippen LogP contribution in [0.1, 0.15) is 0 Å². The number of alkyl halides is 1. The van der Waals surface area contributed by atoms with Crippen molar-refractivity contribution in [1.82, 2.24) is 0 Å². The minimum Gasteiger partial charge on any atom is -0.489 e. The molecule has 0 fully saturated rings. The summed E-state index contributed by atoms with van der Waals surface area (Å²) in [4.78, 5) is 0. The van der Waals surface area contributed by atoms with Crippen LogP contribution in [0.4, 0.5) is 0 Å². The van der Waals surface area contributed by atoms with E-state index in [4.69, 9.17) is 27.9 Å². The van der Waals surface area contributed by atoms with E-state index in [1.165, 1.54) is 0 Å². The van der Waals surface area contributed by atoms with Crippen LogP contribution in [0.2, 0.25) is 10.0 Å². The largest absolute Gasteiger partial charge is 0.489 e. The van der Waals surface area contributed by atoms with Crippen LogP contribution in [-0.2, 0) is 0 Å². The zero-order valence-electron chi connectivity index (χ0n) is 7.21. The van der Waals surface area contributed by atoms with Crippen molar-refractivity contribution in [3.05, 3.63) is 28.2 Å². The summed E-state index contributed by atoms with van der Waals surface area (Å²) in [6.45, 7) is 0.240. The summed E-state index contributed by atoms with van der Waals surface area (Å²) in [6.07, 6.45) is -0.470. The third-order valence-corrected chi connectivity index (χ3v) is 3.05. The van der Waals surface area contributed by atoms with Crippen molar-refractivity contribution >= 4 is 45.8 Å². The first-order valence-electron chi connectivity index (χ1n) is 3.95. The summed E-state index contributed by atoms with van der Waals surface area (Å²) in [5, 5.41) is 10.3. The van der Waals surface area contributed by atoms with Crippen molar-refractivity contribution < 1.29 is 9.84 Å². The van der Waals surface area contributed by atoms with E-state index in [9.17, 15) is 5.11 Å². The number of benzene rings is 1. The molecule has 0 bridgehead atoms. The zero-order chi connectivity index (χ0) is 10.6. The van der Waals surface area contributed by atoms with Gasteiger partial charge in [-0.05, 0) is 18.2 Å². The van der Waals surface area contributed by atoms with Gasteiger partial charge in [0.15, 0.2) is 0 Å². The van der Waals surface area contributed by atoms with Gasteiger partial charge in [0.25, 0.3) is 0 Å². The quantitative estimate of drug-likeness (QED) is 0.670. The molecular formula is C9H9Cl2IO2. The molecule has 0 saturated carbocycles. The Hall–Kier alpha value is 0.290. The van der Waals surface area contributed by atoms with Crippen LogP contribution in [0.3, 0.4) is 0 Å². The Morgan fingerprint density at radius 2 is 2.14 bits per heavy atom. The number of hydrogen-bond acceptors (Lipinski definition) is 2. The van der Waals surface area contributed by atoms with Gasteiger partial charge < -0.3 is 9.84 Å². The lowest BCUT2D eigenvalue weighted by molar-refractivity contribution is 0.128. The number of rotatable bonds is 4. The average molecular weight is 347 g/mol.